The van der Waals surface area contributed by atoms with Gasteiger partial charge in [-0.2, -0.15) is 0 Å². The van der Waals surface area contributed by atoms with Crippen molar-refractivity contribution in [3.8, 4) is 0 Å². The van der Waals surface area contributed by atoms with E-state index in [2.05, 4.69) is 172 Å². The highest BCUT2D eigenvalue weighted by molar-refractivity contribution is 7.47. The van der Waals surface area contributed by atoms with Crippen molar-refractivity contribution in [2.45, 2.75) is 290 Å². The van der Waals surface area contributed by atoms with Crippen LogP contribution in [0.3, 0.4) is 0 Å². The summed E-state index contributed by atoms with van der Waals surface area (Å²) in [5, 5.41) is 0. The van der Waals surface area contributed by atoms with Gasteiger partial charge in [0.1, 0.15) is 19.8 Å². The van der Waals surface area contributed by atoms with Crippen LogP contribution in [0, 0.1) is 0 Å². The summed E-state index contributed by atoms with van der Waals surface area (Å²) in [5.74, 6) is -0.809. The van der Waals surface area contributed by atoms with Crippen molar-refractivity contribution in [1.82, 2.24) is 0 Å². The summed E-state index contributed by atoms with van der Waals surface area (Å²) >= 11 is 0. The van der Waals surface area contributed by atoms with Gasteiger partial charge in [0.25, 0.3) is 0 Å². The molecular formula is C80H135NO8P+. The van der Waals surface area contributed by atoms with Gasteiger partial charge in [-0.05, 0) is 122 Å². The van der Waals surface area contributed by atoms with Crippen LogP contribution in [0.2, 0.25) is 0 Å². The van der Waals surface area contributed by atoms with E-state index < -0.39 is 26.5 Å². The quantitative estimate of drug-likeness (QED) is 0.0211. The Kier molecular flexibility index (Phi) is 65.6. The third-order valence-corrected chi connectivity index (χ3v) is 16.0. The number of quaternary nitrogens is 1. The molecule has 0 saturated carbocycles. The zero-order valence-corrected chi connectivity index (χ0v) is 59.2. The molecule has 512 valence electrons. The van der Waals surface area contributed by atoms with Crippen LogP contribution in [0.25, 0.3) is 0 Å². The fourth-order valence-corrected chi connectivity index (χ4v) is 10.3. The Morgan fingerprint density at radius 2 is 0.600 bits per heavy atom. The number of nitrogens with zero attached hydrogens (tertiary/aromatic N) is 1. The Labute approximate surface area is 554 Å². The van der Waals surface area contributed by atoms with Gasteiger partial charge in [-0.1, -0.05) is 307 Å². The lowest BCUT2D eigenvalue weighted by molar-refractivity contribution is -0.870. The van der Waals surface area contributed by atoms with E-state index in [0.29, 0.717) is 17.4 Å². The van der Waals surface area contributed by atoms with Crippen LogP contribution < -0.4 is 0 Å². The number of hydrogen-bond acceptors (Lipinski definition) is 7. The third-order valence-electron chi connectivity index (χ3n) is 15.1. The molecule has 2 unspecified atom stereocenters. The molecule has 0 spiro atoms. The number of likely N-dealkylation sites (N-methyl/N-ethyl adjacent to an activating group) is 1. The highest BCUT2D eigenvalue weighted by atomic mass is 31.2. The fraction of sp³-hybridized carbons (Fsp3) is 0.650. The number of esters is 2. The van der Waals surface area contributed by atoms with Gasteiger partial charge in [-0.25, -0.2) is 4.57 Å². The molecular weight excluding hydrogens is 1130 g/mol. The van der Waals surface area contributed by atoms with Crippen LogP contribution in [-0.2, 0) is 32.7 Å². The molecule has 1 N–H and O–H groups in total. The van der Waals surface area contributed by atoms with Crippen molar-refractivity contribution in [2.75, 3.05) is 47.5 Å². The smallest absolute Gasteiger partial charge is 0.462 e. The maximum atomic E-state index is 12.9. The minimum absolute atomic E-state index is 0.0239. The topological polar surface area (TPSA) is 108 Å². The number of unbranched alkanes of at least 4 members (excludes halogenated alkanes) is 25. The first-order valence-corrected chi connectivity index (χ1v) is 37.7. The molecule has 0 aromatic rings. The first-order valence-electron chi connectivity index (χ1n) is 36.2. The second-order valence-electron chi connectivity index (χ2n) is 24.9. The van der Waals surface area contributed by atoms with E-state index >= 15 is 0 Å². The molecule has 2 atom stereocenters. The van der Waals surface area contributed by atoms with Crippen molar-refractivity contribution >= 4 is 19.8 Å². The Balaban J connectivity index is 4.05. The molecule has 10 heteroatoms. The van der Waals surface area contributed by atoms with Crippen molar-refractivity contribution in [3.63, 3.8) is 0 Å². The van der Waals surface area contributed by atoms with Gasteiger partial charge in [0.05, 0.1) is 27.7 Å². The number of carbonyl (C=O) groups is 2. The Morgan fingerprint density at radius 1 is 0.344 bits per heavy atom. The van der Waals surface area contributed by atoms with Crippen LogP contribution >= 0.6 is 7.82 Å². The van der Waals surface area contributed by atoms with Crippen LogP contribution in [0.4, 0.5) is 0 Å². The summed E-state index contributed by atoms with van der Waals surface area (Å²) in [6, 6.07) is 0. The van der Waals surface area contributed by atoms with E-state index in [1.165, 1.54) is 116 Å². The molecule has 0 bridgehead atoms. The first-order chi connectivity index (χ1) is 44.0. The van der Waals surface area contributed by atoms with Crippen molar-refractivity contribution in [1.29, 1.82) is 0 Å². The van der Waals surface area contributed by atoms with Gasteiger partial charge in [0.15, 0.2) is 6.10 Å². The zero-order valence-electron chi connectivity index (χ0n) is 58.3. The second-order valence-corrected chi connectivity index (χ2v) is 26.3. The number of carbonyl (C=O) groups excluding carboxylic acids is 2. The van der Waals surface area contributed by atoms with Gasteiger partial charge in [-0.15, -0.1) is 0 Å². The van der Waals surface area contributed by atoms with E-state index in [9.17, 15) is 19.0 Å². The Hall–Kier alpha value is -4.37. The summed E-state index contributed by atoms with van der Waals surface area (Å²) in [6.45, 7) is 4.20. The lowest BCUT2D eigenvalue weighted by atomic mass is 10.0. The van der Waals surface area contributed by atoms with Crippen LogP contribution in [0.15, 0.2) is 158 Å². The van der Waals surface area contributed by atoms with Gasteiger partial charge < -0.3 is 18.9 Å². The number of allylic oxidation sites excluding steroid dienone is 26. The Bertz CT molecular complexity index is 2080. The van der Waals surface area contributed by atoms with E-state index in [4.69, 9.17) is 18.5 Å². The lowest BCUT2D eigenvalue weighted by Gasteiger charge is -2.24. The van der Waals surface area contributed by atoms with Crippen LogP contribution in [0.5, 0.6) is 0 Å². The van der Waals surface area contributed by atoms with Crippen molar-refractivity contribution in [3.05, 3.63) is 158 Å². The van der Waals surface area contributed by atoms with Gasteiger partial charge in [0, 0.05) is 12.8 Å². The van der Waals surface area contributed by atoms with E-state index in [1.807, 2.05) is 21.1 Å². The normalized spacial score (nSPS) is 14.1. The van der Waals surface area contributed by atoms with Gasteiger partial charge in [-0.3, -0.25) is 18.6 Å². The molecule has 0 aliphatic carbocycles. The predicted octanol–water partition coefficient (Wildman–Crippen LogP) is 23.9. The summed E-state index contributed by atoms with van der Waals surface area (Å²) in [7, 11) is 1.46. The predicted molar refractivity (Wildman–Crippen MR) is 390 cm³/mol. The number of rotatable bonds is 65. The molecule has 0 amide bonds. The number of phosphoric ester groups is 1. The zero-order chi connectivity index (χ0) is 65.5. The minimum Gasteiger partial charge on any atom is -0.462 e. The lowest BCUT2D eigenvalue weighted by Crippen LogP contribution is -2.37. The monoisotopic (exact) mass is 1270 g/mol. The summed E-state index contributed by atoms with van der Waals surface area (Å²) < 4.78 is 34.7. The molecule has 9 nitrogen and oxygen atoms in total. The van der Waals surface area contributed by atoms with Gasteiger partial charge >= 0.3 is 19.8 Å². The number of hydrogen-bond donors (Lipinski definition) is 1. The molecule has 0 fully saturated rings. The molecule has 0 aromatic carbocycles. The molecule has 0 aromatic heterocycles. The molecule has 0 radical (unpaired) electrons. The number of ether oxygens (including phenoxy) is 2. The highest BCUT2D eigenvalue weighted by Gasteiger charge is 2.27. The number of phosphoric acid groups is 1. The minimum atomic E-state index is -4.40. The largest absolute Gasteiger partial charge is 0.472 e. The van der Waals surface area contributed by atoms with E-state index in [-0.39, 0.29) is 32.0 Å². The maximum absolute atomic E-state index is 12.9. The highest BCUT2D eigenvalue weighted by Crippen LogP contribution is 2.43. The molecule has 0 heterocycles. The maximum Gasteiger partial charge on any atom is 0.472 e. The second kappa shape index (κ2) is 69.0. The average molecular weight is 1270 g/mol. The third kappa shape index (κ3) is 72.7. The molecule has 0 aliphatic heterocycles. The summed E-state index contributed by atoms with van der Waals surface area (Å²) in [4.78, 5) is 35.9. The van der Waals surface area contributed by atoms with E-state index in [1.54, 1.807) is 0 Å². The van der Waals surface area contributed by atoms with Crippen LogP contribution in [-0.4, -0.2) is 74.9 Å². The summed E-state index contributed by atoms with van der Waals surface area (Å²) in [5.41, 5.74) is 0. The summed E-state index contributed by atoms with van der Waals surface area (Å²) in [6.07, 6.45) is 103. The molecule has 0 aliphatic rings. The van der Waals surface area contributed by atoms with Crippen molar-refractivity contribution < 1.29 is 42.1 Å². The molecule has 0 rings (SSSR count). The average Bonchev–Trinajstić information content (AvgIpc) is 3.58. The van der Waals surface area contributed by atoms with Gasteiger partial charge in [0.2, 0.25) is 0 Å². The van der Waals surface area contributed by atoms with Crippen LogP contribution in [0.1, 0.15) is 284 Å². The molecule has 0 saturated heterocycles. The standard InChI is InChI=1S/C80H134NO8P/c1-6-8-10-12-14-16-18-20-22-24-26-28-30-32-34-35-36-37-38-39-40-41-42-43-44-45-47-49-51-53-55-57-59-61-63-65-67-69-71-73-80(83)89-78(77-88-90(84,85)87-75-74-81(3,4)5)76-86-79(82)72-70-68-66-64-62-60-58-56-54-52-50-48-46-33-31-29-27-25-23-21-19-17-15-13-11-9-7-2/h8-11,14-17,20-23,26-29,32-34,36-37,39-40,46,50,52,78H,6-7,12-13,18-19,24-25,30-31,35,38,41-45,47-49,51,53-77H2,1-5H3/p+1/b10-8-,11-9-,16-14-,17-15-,22-20-,23-21-,28-26-,29-27-,34-32-,37-36-,40-39-,46-33-,52-50-. The fourth-order valence-electron chi connectivity index (χ4n) is 9.59. The van der Waals surface area contributed by atoms with Crippen molar-refractivity contribution in [2.24, 2.45) is 0 Å². The van der Waals surface area contributed by atoms with E-state index in [0.717, 1.165) is 135 Å². The SMILES string of the molecule is CC/C=C\C/C=C\C/C=C\C/C=C\C/C=C\C/C=C\C/C=C\CCCCCCCCCCCCCCCCCCCC(=O)OC(COC(=O)CCCCCCCCCC/C=C\C/C=C\C/C=C\C/C=C\C/C=C\C/C=C\CC)COP(=O)(O)OCC[N+](C)(C)C. The molecule has 90 heavy (non-hydrogen) atoms. The Morgan fingerprint density at radius 3 is 0.889 bits per heavy atom. The first kappa shape index (κ1) is 85.6.